The van der Waals surface area contributed by atoms with Crippen molar-refractivity contribution in [2.24, 2.45) is 0 Å². The van der Waals surface area contributed by atoms with Crippen LogP contribution in [-0.4, -0.2) is 5.11 Å². The van der Waals surface area contributed by atoms with Gasteiger partial charge in [-0.15, -0.1) is 0 Å². The molecule has 64 valence electrons. The third-order valence-corrected chi connectivity index (χ3v) is 1.55. The number of rotatable bonds is 1. The second kappa shape index (κ2) is 3.30. The minimum atomic E-state index is 0.233. The first-order valence-corrected chi connectivity index (χ1v) is 3.83. The van der Waals surface area contributed by atoms with E-state index in [1.165, 1.54) is 0 Å². The van der Waals surface area contributed by atoms with E-state index in [2.05, 4.69) is 0 Å². The Balaban J connectivity index is 3.22. The van der Waals surface area contributed by atoms with Gasteiger partial charge < -0.3 is 10.8 Å². The van der Waals surface area contributed by atoms with Crippen LogP contribution in [-0.2, 0) is 0 Å². The summed E-state index contributed by atoms with van der Waals surface area (Å²) in [5, 5.41) is 9.42. The van der Waals surface area contributed by atoms with Gasteiger partial charge in [0.25, 0.3) is 0 Å². The molecule has 0 atom stereocenters. The van der Waals surface area contributed by atoms with Crippen LogP contribution in [0.4, 0.5) is 5.69 Å². The van der Waals surface area contributed by atoms with E-state index in [0.29, 0.717) is 11.3 Å². The zero-order chi connectivity index (χ0) is 9.14. The van der Waals surface area contributed by atoms with Gasteiger partial charge in [0.2, 0.25) is 0 Å². The first-order chi connectivity index (χ1) is 5.61. The lowest BCUT2D eigenvalue weighted by molar-refractivity contribution is 0.474. The van der Waals surface area contributed by atoms with Gasteiger partial charge in [0.15, 0.2) is 0 Å². The predicted molar refractivity (Wildman–Crippen MR) is 51.8 cm³/mol. The van der Waals surface area contributed by atoms with Crippen LogP contribution < -0.4 is 5.73 Å². The van der Waals surface area contributed by atoms with E-state index >= 15 is 0 Å². The minimum absolute atomic E-state index is 0.233. The van der Waals surface area contributed by atoms with Crippen molar-refractivity contribution in [1.82, 2.24) is 0 Å². The molecular formula is C10H13NO. The molecule has 0 aliphatic rings. The number of benzene rings is 1. The lowest BCUT2D eigenvalue weighted by atomic mass is 10.1. The molecule has 0 aliphatic carbocycles. The first kappa shape index (κ1) is 8.65. The molecule has 0 bridgehead atoms. The van der Waals surface area contributed by atoms with E-state index in [1.54, 1.807) is 18.2 Å². The molecule has 0 spiro atoms. The molecule has 2 heteroatoms. The highest BCUT2D eigenvalue weighted by atomic mass is 16.3. The Morgan fingerprint density at radius 2 is 2.08 bits per heavy atom. The van der Waals surface area contributed by atoms with E-state index in [4.69, 9.17) is 5.73 Å². The standard InChI is InChI=1S/C10H13NO/c1-7(2)6-8-9(11)4-3-5-10(8)12/h3-6,12H,11H2,1-2H3. The third-order valence-electron chi connectivity index (χ3n) is 1.55. The van der Waals surface area contributed by atoms with E-state index < -0.39 is 0 Å². The maximum absolute atomic E-state index is 9.42. The molecule has 0 fully saturated rings. The van der Waals surface area contributed by atoms with Crippen LogP contribution >= 0.6 is 0 Å². The Morgan fingerprint density at radius 3 is 2.58 bits per heavy atom. The molecule has 1 aromatic carbocycles. The number of anilines is 1. The summed E-state index contributed by atoms with van der Waals surface area (Å²) in [7, 11) is 0. The van der Waals surface area contributed by atoms with Crippen LogP contribution in [0, 0.1) is 0 Å². The number of allylic oxidation sites excluding steroid dienone is 1. The van der Waals surface area contributed by atoms with Crippen LogP contribution in [0.3, 0.4) is 0 Å². The minimum Gasteiger partial charge on any atom is -0.507 e. The Bertz CT molecular complexity index is 291. The zero-order valence-corrected chi connectivity index (χ0v) is 7.33. The smallest absolute Gasteiger partial charge is 0.124 e. The maximum atomic E-state index is 9.42. The average Bonchev–Trinajstić information content (AvgIpc) is 1.97. The zero-order valence-electron chi connectivity index (χ0n) is 7.33. The number of nitrogens with two attached hydrogens (primary N) is 1. The van der Waals surface area contributed by atoms with Crippen LogP contribution in [0.1, 0.15) is 19.4 Å². The van der Waals surface area contributed by atoms with Gasteiger partial charge in [0.05, 0.1) is 0 Å². The summed E-state index contributed by atoms with van der Waals surface area (Å²) < 4.78 is 0. The van der Waals surface area contributed by atoms with E-state index in [1.807, 2.05) is 19.9 Å². The number of hydrogen-bond acceptors (Lipinski definition) is 2. The van der Waals surface area contributed by atoms with Gasteiger partial charge in [-0.2, -0.15) is 0 Å². The Kier molecular flexibility index (Phi) is 2.38. The van der Waals surface area contributed by atoms with Crippen LogP contribution in [0.5, 0.6) is 5.75 Å². The molecule has 2 nitrogen and oxygen atoms in total. The number of phenolic OH excluding ortho intramolecular Hbond substituents is 1. The number of aromatic hydroxyl groups is 1. The normalized spacial score (nSPS) is 9.50. The van der Waals surface area contributed by atoms with Gasteiger partial charge in [0.1, 0.15) is 5.75 Å². The largest absolute Gasteiger partial charge is 0.507 e. The number of hydrogen-bond donors (Lipinski definition) is 2. The number of phenols is 1. The van der Waals surface area contributed by atoms with Gasteiger partial charge in [-0.05, 0) is 26.0 Å². The number of nitrogen functional groups attached to an aromatic ring is 1. The van der Waals surface area contributed by atoms with Crippen LogP contribution in [0.25, 0.3) is 6.08 Å². The topological polar surface area (TPSA) is 46.2 Å². The fraction of sp³-hybridized carbons (Fsp3) is 0.200. The van der Waals surface area contributed by atoms with Crippen molar-refractivity contribution in [3.05, 3.63) is 29.3 Å². The van der Waals surface area contributed by atoms with E-state index in [9.17, 15) is 5.11 Å². The molecule has 1 rings (SSSR count). The average molecular weight is 163 g/mol. The second-order valence-corrected chi connectivity index (χ2v) is 3.00. The molecule has 0 heterocycles. The molecule has 12 heavy (non-hydrogen) atoms. The highest BCUT2D eigenvalue weighted by molar-refractivity contribution is 5.70. The van der Waals surface area contributed by atoms with Crippen LogP contribution in [0.2, 0.25) is 0 Å². The molecule has 0 unspecified atom stereocenters. The van der Waals surface area contributed by atoms with Crippen molar-refractivity contribution in [2.45, 2.75) is 13.8 Å². The fourth-order valence-corrected chi connectivity index (χ4v) is 1.02. The third kappa shape index (κ3) is 1.78. The molecule has 0 saturated heterocycles. The van der Waals surface area contributed by atoms with Crippen molar-refractivity contribution in [1.29, 1.82) is 0 Å². The molecule has 0 aliphatic heterocycles. The monoisotopic (exact) mass is 163 g/mol. The lowest BCUT2D eigenvalue weighted by Crippen LogP contribution is -1.89. The Hall–Kier alpha value is -1.44. The van der Waals surface area contributed by atoms with Gasteiger partial charge in [-0.1, -0.05) is 17.7 Å². The summed E-state index contributed by atoms with van der Waals surface area (Å²) in [5.41, 5.74) is 8.09. The molecule has 3 N–H and O–H groups in total. The van der Waals surface area contributed by atoms with E-state index in [0.717, 1.165) is 5.57 Å². The van der Waals surface area contributed by atoms with Crippen LogP contribution in [0.15, 0.2) is 23.8 Å². The second-order valence-electron chi connectivity index (χ2n) is 3.00. The van der Waals surface area contributed by atoms with E-state index in [-0.39, 0.29) is 5.75 Å². The molecule has 1 aromatic rings. The van der Waals surface area contributed by atoms with Gasteiger partial charge in [0, 0.05) is 11.3 Å². The summed E-state index contributed by atoms with van der Waals surface area (Å²) in [6, 6.07) is 5.13. The first-order valence-electron chi connectivity index (χ1n) is 3.83. The molecule has 0 amide bonds. The SMILES string of the molecule is CC(C)=Cc1c(N)cccc1O. The van der Waals surface area contributed by atoms with Crippen molar-refractivity contribution in [2.75, 3.05) is 5.73 Å². The summed E-state index contributed by atoms with van der Waals surface area (Å²) in [5.74, 6) is 0.233. The van der Waals surface area contributed by atoms with Gasteiger partial charge in [-0.3, -0.25) is 0 Å². The summed E-state index contributed by atoms with van der Waals surface area (Å²) in [4.78, 5) is 0. The molecule has 0 aromatic heterocycles. The quantitative estimate of drug-likeness (QED) is 0.624. The highest BCUT2D eigenvalue weighted by Gasteiger charge is 2.00. The molecule has 0 saturated carbocycles. The van der Waals surface area contributed by atoms with Crippen molar-refractivity contribution in [3.63, 3.8) is 0 Å². The summed E-state index contributed by atoms with van der Waals surface area (Å²) in [6.45, 7) is 3.93. The Labute approximate surface area is 72.3 Å². The van der Waals surface area contributed by atoms with Crippen molar-refractivity contribution < 1.29 is 5.11 Å². The summed E-state index contributed by atoms with van der Waals surface area (Å²) >= 11 is 0. The lowest BCUT2D eigenvalue weighted by Gasteiger charge is -2.03. The van der Waals surface area contributed by atoms with Gasteiger partial charge in [-0.25, -0.2) is 0 Å². The van der Waals surface area contributed by atoms with Crippen molar-refractivity contribution in [3.8, 4) is 5.75 Å². The molecule has 0 radical (unpaired) electrons. The van der Waals surface area contributed by atoms with Gasteiger partial charge >= 0.3 is 0 Å². The highest BCUT2D eigenvalue weighted by Crippen LogP contribution is 2.25. The predicted octanol–water partition coefficient (Wildman–Crippen LogP) is 2.40. The fourth-order valence-electron chi connectivity index (χ4n) is 1.02. The Morgan fingerprint density at radius 1 is 1.42 bits per heavy atom. The molecular weight excluding hydrogens is 150 g/mol. The summed E-state index contributed by atoms with van der Waals surface area (Å²) in [6.07, 6.45) is 1.87. The maximum Gasteiger partial charge on any atom is 0.124 e. The van der Waals surface area contributed by atoms with Crippen molar-refractivity contribution >= 4 is 11.8 Å².